The van der Waals surface area contributed by atoms with Crippen LogP contribution in [0.3, 0.4) is 0 Å². The van der Waals surface area contributed by atoms with Crippen LogP contribution < -0.4 is 9.47 Å². The van der Waals surface area contributed by atoms with Crippen molar-refractivity contribution in [3.8, 4) is 23.4 Å². The number of benzene rings is 3. The minimum atomic E-state index is -4.50. The van der Waals surface area contributed by atoms with Crippen molar-refractivity contribution in [3.05, 3.63) is 113 Å². The van der Waals surface area contributed by atoms with Gasteiger partial charge in [0.05, 0.1) is 29.3 Å². The first-order valence-corrected chi connectivity index (χ1v) is 11.9. The fourth-order valence-electron chi connectivity index (χ4n) is 4.20. The lowest BCUT2D eigenvalue weighted by atomic mass is 10.1. The lowest BCUT2D eigenvalue weighted by Gasteiger charge is -2.16. The van der Waals surface area contributed by atoms with E-state index in [4.69, 9.17) is 19.7 Å². The van der Waals surface area contributed by atoms with E-state index < -0.39 is 11.7 Å². The number of ether oxygens (including phenoxy) is 2. The maximum atomic E-state index is 13.5. The van der Waals surface area contributed by atoms with Crippen molar-refractivity contribution in [2.75, 3.05) is 7.11 Å². The number of methoxy groups -OCH3 is 1. The quantitative estimate of drug-likeness (QED) is 0.227. The third-order valence-electron chi connectivity index (χ3n) is 6.03. The summed E-state index contributed by atoms with van der Waals surface area (Å²) in [6.07, 6.45) is 0.520. The monoisotopic (exact) mass is 526 g/mol. The molecule has 0 aliphatic rings. The average Bonchev–Trinajstić information content (AvgIpc) is 3.33. The molecule has 0 radical (unpaired) electrons. The number of rotatable bonds is 7. The summed E-state index contributed by atoms with van der Waals surface area (Å²) in [5.41, 5.74) is 1.85. The first kappa shape index (κ1) is 25.5. The molecule has 3 aromatic carbocycles. The number of para-hydroxylation sites is 3. The number of aromatic nitrogens is 3. The van der Waals surface area contributed by atoms with Crippen LogP contribution in [0.5, 0.6) is 11.5 Å². The van der Waals surface area contributed by atoms with Crippen LogP contribution in [0.25, 0.3) is 29.0 Å². The lowest BCUT2D eigenvalue weighted by Crippen LogP contribution is -2.11. The van der Waals surface area contributed by atoms with Gasteiger partial charge in [0.25, 0.3) is 0 Å². The second-order valence-electron chi connectivity index (χ2n) is 8.47. The van der Waals surface area contributed by atoms with Gasteiger partial charge in [0, 0.05) is 17.3 Å². The standard InChI is InChI=1S/C30H21F3N4O2/c1-38-26-12-6-8-21(29(26)39-19-22-7-2-3-9-23(22)30(31,32)33)14-16-28-36-24-10-4-5-11-25(24)37(28)27-15-13-20(17-34)18-35-27/h2-16,18H,19H2,1H3/b16-14+. The van der Waals surface area contributed by atoms with Gasteiger partial charge in [-0.1, -0.05) is 42.5 Å². The van der Waals surface area contributed by atoms with E-state index in [2.05, 4.69) is 11.1 Å². The molecule has 0 atom stereocenters. The maximum Gasteiger partial charge on any atom is 0.416 e. The summed E-state index contributed by atoms with van der Waals surface area (Å²) in [7, 11) is 1.47. The number of halogens is 3. The van der Waals surface area contributed by atoms with Crippen LogP contribution in [0.2, 0.25) is 0 Å². The molecule has 0 saturated heterocycles. The summed E-state index contributed by atoms with van der Waals surface area (Å²) in [6, 6.07) is 23.6. The number of hydrogen-bond acceptors (Lipinski definition) is 5. The Bertz CT molecular complexity index is 1700. The number of pyridine rings is 1. The second-order valence-corrected chi connectivity index (χ2v) is 8.47. The summed E-state index contributed by atoms with van der Waals surface area (Å²) in [5, 5.41) is 9.14. The predicted molar refractivity (Wildman–Crippen MR) is 141 cm³/mol. The van der Waals surface area contributed by atoms with Gasteiger partial charge in [-0.25, -0.2) is 9.97 Å². The highest BCUT2D eigenvalue weighted by Gasteiger charge is 2.33. The number of nitriles is 1. The molecule has 5 rings (SSSR count). The number of alkyl halides is 3. The second kappa shape index (κ2) is 10.7. The zero-order chi connectivity index (χ0) is 27.4. The molecule has 194 valence electrons. The molecule has 0 aliphatic heterocycles. The highest BCUT2D eigenvalue weighted by atomic mass is 19.4. The van der Waals surface area contributed by atoms with Crippen molar-refractivity contribution in [2.24, 2.45) is 0 Å². The van der Waals surface area contributed by atoms with Gasteiger partial charge in [0.2, 0.25) is 0 Å². The molecule has 0 amide bonds. The van der Waals surface area contributed by atoms with Crippen molar-refractivity contribution >= 4 is 23.2 Å². The minimum Gasteiger partial charge on any atom is -0.493 e. The van der Waals surface area contributed by atoms with Crippen LogP contribution >= 0.6 is 0 Å². The maximum absolute atomic E-state index is 13.5. The van der Waals surface area contributed by atoms with E-state index in [9.17, 15) is 13.2 Å². The summed E-state index contributed by atoms with van der Waals surface area (Å²) in [4.78, 5) is 9.15. The van der Waals surface area contributed by atoms with Crippen LogP contribution in [-0.4, -0.2) is 21.6 Å². The smallest absolute Gasteiger partial charge is 0.416 e. The van der Waals surface area contributed by atoms with Crippen molar-refractivity contribution in [1.82, 2.24) is 14.5 Å². The van der Waals surface area contributed by atoms with Crippen LogP contribution in [0.1, 0.15) is 28.1 Å². The molecule has 0 saturated carbocycles. The average molecular weight is 527 g/mol. The lowest BCUT2D eigenvalue weighted by molar-refractivity contribution is -0.138. The fraction of sp³-hybridized carbons (Fsp3) is 0.100. The number of fused-ring (bicyclic) bond motifs is 1. The molecule has 0 aliphatic carbocycles. The van der Waals surface area contributed by atoms with Gasteiger partial charge >= 0.3 is 6.18 Å². The Morgan fingerprint density at radius 1 is 0.949 bits per heavy atom. The fourth-order valence-corrected chi connectivity index (χ4v) is 4.20. The van der Waals surface area contributed by atoms with Crippen molar-refractivity contribution < 1.29 is 22.6 Å². The molecule has 2 heterocycles. The normalized spacial score (nSPS) is 11.6. The van der Waals surface area contributed by atoms with E-state index >= 15 is 0 Å². The summed E-state index contributed by atoms with van der Waals surface area (Å²) in [6.45, 7) is -0.301. The molecule has 9 heteroatoms. The zero-order valence-corrected chi connectivity index (χ0v) is 20.7. The Labute approximate surface area is 222 Å². The van der Waals surface area contributed by atoms with E-state index in [1.165, 1.54) is 25.4 Å². The third kappa shape index (κ3) is 5.31. The largest absolute Gasteiger partial charge is 0.493 e. The molecule has 6 nitrogen and oxygen atoms in total. The highest BCUT2D eigenvalue weighted by Crippen LogP contribution is 2.36. The molecule has 0 unspecified atom stereocenters. The Balaban J connectivity index is 1.53. The number of imidazole rings is 1. The molecule has 0 bridgehead atoms. The van der Waals surface area contributed by atoms with Gasteiger partial charge in [-0.3, -0.25) is 4.57 Å². The zero-order valence-electron chi connectivity index (χ0n) is 20.7. The first-order chi connectivity index (χ1) is 18.9. The molecule has 0 N–H and O–H groups in total. The Morgan fingerprint density at radius 3 is 2.49 bits per heavy atom. The van der Waals surface area contributed by atoms with Crippen molar-refractivity contribution in [3.63, 3.8) is 0 Å². The van der Waals surface area contributed by atoms with E-state index in [0.717, 1.165) is 17.1 Å². The molecule has 2 aromatic heterocycles. The van der Waals surface area contributed by atoms with Gasteiger partial charge < -0.3 is 9.47 Å². The minimum absolute atomic E-state index is 0.0134. The van der Waals surface area contributed by atoms with E-state index in [1.807, 2.05) is 28.8 Å². The molecule has 39 heavy (non-hydrogen) atoms. The van der Waals surface area contributed by atoms with Crippen LogP contribution in [0.4, 0.5) is 13.2 Å². The van der Waals surface area contributed by atoms with Gasteiger partial charge in [0.1, 0.15) is 24.3 Å². The topological polar surface area (TPSA) is 73.0 Å². The van der Waals surface area contributed by atoms with Gasteiger partial charge in [0.15, 0.2) is 11.5 Å². The van der Waals surface area contributed by atoms with E-state index in [-0.39, 0.29) is 12.2 Å². The Kier molecular flexibility index (Phi) is 7.02. The first-order valence-electron chi connectivity index (χ1n) is 11.9. The molecule has 5 aromatic rings. The van der Waals surface area contributed by atoms with Gasteiger partial charge in [-0.2, -0.15) is 18.4 Å². The summed E-state index contributed by atoms with van der Waals surface area (Å²) >= 11 is 0. The highest BCUT2D eigenvalue weighted by molar-refractivity contribution is 5.82. The van der Waals surface area contributed by atoms with Crippen LogP contribution in [-0.2, 0) is 12.8 Å². The Hall–Kier alpha value is -5.10. The van der Waals surface area contributed by atoms with Gasteiger partial charge in [-0.05, 0) is 48.6 Å². The molecular weight excluding hydrogens is 505 g/mol. The van der Waals surface area contributed by atoms with Crippen molar-refractivity contribution in [1.29, 1.82) is 5.26 Å². The summed E-state index contributed by atoms with van der Waals surface area (Å²) in [5.74, 6) is 1.81. The number of nitrogens with zero attached hydrogens (tertiary/aromatic N) is 4. The molecule has 0 fully saturated rings. The van der Waals surface area contributed by atoms with Gasteiger partial charge in [-0.15, -0.1) is 0 Å². The van der Waals surface area contributed by atoms with Crippen molar-refractivity contribution in [2.45, 2.75) is 12.8 Å². The molecule has 0 spiro atoms. The van der Waals surface area contributed by atoms with Crippen LogP contribution in [0.15, 0.2) is 85.1 Å². The number of hydrogen-bond donors (Lipinski definition) is 0. The Morgan fingerprint density at radius 2 is 1.74 bits per heavy atom. The summed E-state index contributed by atoms with van der Waals surface area (Å²) < 4.78 is 53.7. The van der Waals surface area contributed by atoms with Crippen LogP contribution in [0, 0.1) is 11.3 Å². The predicted octanol–water partition coefficient (Wildman–Crippen LogP) is 7.07. The SMILES string of the molecule is COc1cccc(/C=C/c2nc3ccccc3n2-c2ccc(C#N)cn2)c1OCc1ccccc1C(F)(F)F. The van der Waals surface area contributed by atoms with E-state index in [1.54, 1.807) is 48.6 Å². The third-order valence-corrected chi connectivity index (χ3v) is 6.03. The van der Waals surface area contributed by atoms with E-state index in [0.29, 0.717) is 34.3 Å². The molecular formula is C30H21F3N4O2.